The zero-order valence-electron chi connectivity index (χ0n) is 11.7. The maximum absolute atomic E-state index is 3.43. The lowest BCUT2D eigenvalue weighted by Gasteiger charge is -2.36. The summed E-state index contributed by atoms with van der Waals surface area (Å²) < 4.78 is 0. The molecule has 2 aliphatic rings. The second kappa shape index (κ2) is 3.97. The number of aromatic amines is 1. The van der Waals surface area contributed by atoms with Gasteiger partial charge in [-0.15, -0.1) is 0 Å². The van der Waals surface area contributed by atoms with Crippen molar-refractivity contribution >= 4 is 16.5 Å². The molecule has 0 spiro atoms. The quantitative estimate of drug-likeness (QED) is 0.776. The maximum Gasteiger partial charge on any atom is 0.117 e. The van der Waals surface area contributed by atoms with Crippen molar-refractivity contribution in [1.29, 1.82) is 0 Å². The van der Waals surface area contributed by atoms with Crippen LogP contribution >= 0.6 is 0 Å². The molecule has 0 bridgehead atoms. The molecule has 3 atom stereocenters. The van der Waals surface area contributed by atoms with Crippen molar-refractivity contribution in [2.24, 2.45) is 5.92 Å². The van der Waals surface area contributed by atoms with Crippen LogP contribution in [0.2, 0.25) is 0 Å². The van der Waals surface area contributed by atoms with Gasteiger partial charge in [0.05, 0.1) is 13.6 Å². The number of likely N-dealkylation sites (N-methyl/N-ethyl adjacent to an activating group) is 1. The molecule has 0 saturated heterocycles. The molecule has 0 radical (unpaired) electrons. The van der Waals surface area contributed by atoms with Crippen LogP contribution in [0.4, 0.5) is 0 Å². The third kappa shape index (κ3) is 1.53. The third-order valence-corrected chi connectivity index (χ3v) is 5.02. The predicted molar refractivity (Wildman–Crippen MR) is 79.3 cm³/mol. The van der Waals surface area contributed by atoms with Crippen molar-refractivity contribution < 1.29 is 4.90 Å². The van der Waals surface area contributed by atoms with Crippen LogP contribution in [0, 0.1) is 5.92 Å². The molecule has 0 amide bonds. The predicted octanol–water partition coefficient (Wildman–Crippen LogP) is 2.03. The molecule has 1 aromatic heterocycles. The van der Waals surface area contributed by atoms with E-state index in [-0.39, 0.29) is 0 Å². The lowest BCUT2D eigenvalue weighted by molar-refractivity contribution is -0.901. The summed E-state index contributed by atoms with van der Waals surface area (Å²) in [6, 6.07) is 7.34. The van der Waals surface area contributed by atoms with Gasteiger partial charge in [0.2, 0.25) is 0 Å². The van der Waals surface area contributed by atoms with Crippen LogP contribution in [0.1, 0.15) is 24.5 Å². The number of nitrogens with one attached hydrogen (secondary N) is 2. The molecule has 2 aromatic rings. The molecular formula is C17H21N2+. The fourth-order valence-corrected chi connectivity index (χ4v) is 3.95. The standard InChI is InChI=1S/C17H20N2/c1-3-11-7-14-13-5-4-6-15-17(13)12(9-18-15)8-16(14)19(2)10-11/h4-7,9,11,16,18H,3,8,10H2,1-2H3/p+1/t11?,16-/m1/s1. The Bertz CT molecular complexity index is 665. The first-order chi connectivity index (χ1) is 9.28. The lowest BCUT2D eigenvalue weighted by Crippen LogP contribution is -3.14. The Morgan fingerprint density at radius 2 is 2.26 bits per heavy atom. The Morgan fingerprint density at radius 1 is 1.37 bits per heavy atom. The minimum atomic E-state index is 0.650. The SMILES string of the molecule is CCC1C=C2c3cccc4[nH]cc(c34)C[C@H]2[NH+](C)C1. The van der Waals surface area contributed by atoms with Crippen molar-refractivity contribution in [3.63, 3.8) is 0 Å². The highest BCUT2D eigenvalue weighted by molar-refractivity contribution is 5.97. The number of benzene rings is 1. The summed E-state index contributed by atoms with van der Waals surface area (Å²) in [6.45, 7) is 3.58. The van der Waals surface area contributed by atoms with Gasteiger partial charge in [-0.1, -0.05) is 25.1 Å². The summed E-state index contributed by atoms with van der Waals surface area (Å²) >= 11 is 0. The van der Waals surface area contributed by atoms with Crippen molar-refractivity contribution in [3.05, 3.63) is 41.6 Å². The highest BCUT2D eigenvalue weighted by Gasteiger charge is 2.35. The average Bonchev–Trinajstić information content (AvgIpc) is 2.85. The van der Waals surface area contributed by atoms with E-state index in [4.69, 9.17) is 0 Å². The minimum Gasteiger partial charge on any atom is -0.361 e. The highest BCUT2D eigenvalue weighted by atomic mass is 15.1. The van der Waals surface area contributed by atoms with E-state index in [1.165, 1.54) is 41.4 Å². The van der Waals surface area contributed by atoms with Gasteiger partial charge in [0, 0.05) is 35.0 Å². The van der Waals surface area contributed by atoms with E-state index in [1.54, 1.807) is 10.5 Å². The Hall–Kier alpha value is -1.54. The molecule has 2 unspecified atom stereocenters. The van der Waals surface area contributed by atoms with E-state index in [0.717, 1.165) is 5.92 Å². The Morgan fingerprint density at radius 3 is 3.11 bits per heavy atom. The van der Waals surface area contributed by atoms with Crippen LogP contribution < -0.4 is 4.90 Å². The topological polar surface area (TPSA) is 20.2 Å². The van der Waals surface area contributed by atoms with Gasteiger partial charge in [0.1, 0.15) is 6.04 Å². The van der Waals surface area contributed by atoms with Gasteiger partial charge in [0.25, 0.3) is 0 Å². The van der Waals surface area contributed by atoms with Gasteiger partial charge in [-0.2, -0.15) is 0 Å². The monoisotopic (exact) mass is 253 g/mol. The van der Waals surface area contributed by atoms with Crippen molar-refractivity contribution in [3.8, 4) is 0 Å². The number of H-pyrrole nitrogens is 1. The Balaban J connectivity index is 1.97. The van der Waals surface area contributed by atoms with Crippen molar-refractivity contribution in [1.82, 2.24) is 4.98 Å². The first-order valence-corrected chi connectivity index (χ1v) is 7.41. The fourth-order valence-electron chi connectivity index (χ4n) is 3.95. The lowest BCUT2D eigenvalue weighted by atomic mass is 9.79. The van der Waals surface area contributed by atoms with Crippen LogP contribution in [-0.2, 0) is 6.42 Å². The summed E-state index contributed by atoms with van der Waals surface area (Å²) in [7, 11) is 2.36. The smallest absolute Gasteiger partial charge is 0.117 e. The third-order valence-electron chi connectivity index (χ3n) is 5.02. The molecule has 19 heavy (non-hydrogen) atoms. The zero-order valence-corrected chi connectivity index (χ0v) is 11.7. The molecule has 0 fully saturated rings. The largest absolute Gasteiger partial charge is 0.361 e. The number of hydrogen-bond donors (Lipinski definition) is 2. The van der Waals surface area contributed by atoms with Crippen LogP contribution in [0.25, 0.3) is 16.5 Å². The normalized spacial score (nSPS) is 29.2. The fraction of sp³-hybridized carbons (Fsp3) is 0.412. The van der Waals surface area contributed by atoms with Gasteiger partial charge >= 0.3 is 0 Å². The molecule has 1 aliphatic heterocycles. The Kier molecular flexibility index (Phi) is 2.36. The van der Waals surface area contributed by atoms with E-state index in [1.807, 2.05) is 0 Å². The van der Waals surface area contributed by atoms with Crippen LogP contribution in [0.3, 0.4) is 0 Å². The van der Waals surface area contributed by atoms with E-state index >= 15 is 0 Å². The molecular weight excluding hydrogens is 232 g/mol. The zero-order chi connectivity index (χ0) is 13.0. The molecule has 4 rings (SSSR count). The summed E-state index contributed by atoms with van der Waals surface area (Å²) in [6.07, 6.45) is 7.21. The summed E-state index contributed by atoms with van der Waals surface area (Å²) in [4.78, 5) is 5.11. The van der Waals surface area contributed by atoms with Gasteiger partial charge in [-0.3, -0.25) is 0 Å². The van der Waals surface area contributed by atoms with Gasteiger partial charge in [-0.05, 0) is 23.6 Å². The van der Waals surface area contributed by atoms with E-state index < -0.39 is 0 Å². The minimum absolute atomic E-state index is 0.650. The number of rotatable bonds is 1. The summed E-state index contributed by atoms with van der Waals surface area (Å²) in [5, 5.41) is 1.47. The average molecular weight is 253 g/mol. The first kappa shape index (κ1) is 11.3. The number of hydrogen-bond acceptors (Lipinski definition) is 0. The number of fused-ring (bicyclic) bond motifs is 2. The molecule has 98 valence electrons. The van der Waals surface area contributed by atoms with Crippen molar-refractivity contribution in [2.45, 2.75) is 25.8 Å². The number of quaternary nitrogens is 1. The molecule has 2 heterocycles. The van der Waals surface area contributed by atoms with E-state index in [2.05, 4.69) is 49.4 Å². The molecule has 2 nitrogen and oxygen atoms in total. The molecule has 2 N–H and O–H groups in total. The van der Waals surface area contributed by atoms with E-state index in [0.29, 0.717) is 6.04 Å². The molecule has 1 aliphatic carbocycles. The van der Waals surface area contributed by atoms with Crippen LogP contribution in [0.15, 0.2) is 30.5 Å². The van der Waals surface area contributed by atoms with Crippen molar-refractivity contribution in [2.75, 3.05) is 13.6 Å². The summed E-state index contributed by atoms with van der Waals surface area (Å²) in [5.41, 5.74) is 5.86. The second-order valence-electron chi connectivity index (χ2n) is 6.14. The summed E-state index contributed by atoms with van der Waals surface area (Å²) in [5.74, 6) is 0.738. The maximum atomic E-state index is 3.43. The number of aromatic nitrogens is 1. The van der Waals surface area contributed by atoms with Crippen LogP contribution in [0.5, 0.6) is 0 Å². The molecule has 2 heteroatoms. The molecule has 0 saturated carbocycles. The van der Waals surface area contributed by atoms with Gasteiger partial charge in [-0.25, -0.2) is 0 Å². The van der Waals surface area contributed by atoms with E-state index in [9.17, 15) is 0 Å². The second-order valence-corrected chi connectivity index (χ2v) is 6.14. The van der Waals surface area contributed by atoms with Gasteiger partial charge < -0.3 is 9.88 Å². The highest BCUT2D eigenvalue weighted by Crippen LogP contribution is 2.37. The van der Waals surface area contributed by atoms with Crippen LogP contribution in [-0.4, -0.2) is 24.6 Å². The van der Waals surface area contributed by atoms with Gasteiger partial charge in [0.15, 0.2) is 0 Å². The Labute approximate surface area is 114 Å². The molecule has 1 aromatic carbocycles. The first-order valence-electron chi connectivity index (χ1n) is 7.41.